The number of benzene rings is 1. The molecule has 1 atom stereocenters. The number of rotatable bonds is 6. The highest BCUT2D eigenvalue weighted by Gasteiger charge is 2.29. The fraction of sp³-hybridized carbons (Fsp3) is 0.500. The van der Waals surface area contributed by atoms with Crippen molar-refractivity contribution in [2.24, 2.45) is 5.92 Å². The van der Waals surface area contributed by atoms with Gasteiger partial charge in [-0.25, -0.2) is 4.79 Å². The fourth-order valence-electron chi connectivity index (χ4n) is 2.02. The molecular formula is C16H23N3O2. The second-order valence-corrected chi connectivity index (χ2v) is 5.82. The molecule has 5 heteroatoms. The summed E-state index contributed by atoms with van der Waals surface area (Å²) in [5, 5.41) is 8.47. The summed E-state index contributed by atoms with van der Waals surface area (Å²) >= 11 is 0. The number of hydrogen-bond acceptors (Lipinski definition) is 2. The van der Waals surface area contributed by atoms with Gasteiger partial charge in [-0.05, 0) is 24.3 Å². The average Bonchev–Trinajstić information content (AvgIpc) is 3.27. The van der Waals surface area contributed by atoms with Crippen molar-refractivity contribution in [1.29, 1.82) is 0 Å². The molecule has 0 aromatic heterocycles. The Bertz CT molecular complexity index is 484. The van der Waals surface area contributed by atoms with Crippen LogP contribution in [0.2, 0.25) is 0 Å². The number of amides is 3. The van der Waals surface area contributed by atoms with Gasteiger partial charge in [-0.1, -0.05) is 44.2 Å². The van der Waals surface area contributed by atoms with Crippen LogP contribution in [0.1, 0.15) is 32.3 Å². The van der Waals surface area contributed by atoms with Crippen LogP contribution >= 0.6 is 0 Å². The molecule has 1 aliphatic rings. The maximum Gasteiger partial charge on any atom is 0.315 e. The van der Waals surface area contributed by atoms with E-state index >= 15 is 0 Å². The molecule has 0 saturated heterocycles. The average molecular weight is 289 g/mol. The molecule has 0 unspecified atom stereocenters. The summed E-state index contributed by atoms with van der Waals surface area (Å²) in [5.41, 5.74) is 1.02. The minimum atomic E-state index is -0.499. The summed E-state index contributed by atoms with van der Waals surface area (Å²) < 4.78 is 0. The Morgan fingerprint density at radius 3 is 2.43 bits per heavy atom. The van der Waals surface area contributed by atoms with Gasteiger partial charge in [-0.15, -0.1) is 0 Å². The number of hydrogen-bond donors (Lipinski definition) is 3. The Hall–Kier alpha value is -2.04. The van der Waals surface area contributed by atoms with E-state index in [0.717, 1.165) is 18.4 Å². The van der Waals surface area contributed by atoms with E-state index in [2.05, 4.69) is 16.0 Å². The highest BCUT2D eigenvalue weighted by molar-refractivity contribution is 5.87. The van der Waals surface area contributed by atoms with Crippen molar-refractivity contribution in [2.75, 3.05) is 0 Å². The molecule has 0 spiro atoms. The molecule has 1 aromatic carbocycles. The zero-order valence-corrected chi connectivity index (χ0v) is 12.6. The van der Waals surface area contributed by atoms with Gasteiger partial charge in [0, 0.05) is 12.6 Å². The number of carbonyl (C=O) groups excluding carboxylic acids is 2. The lowest BCUT2D eigenvalue weighted by molar-refractivity contribution is -0.124. The number of nitrogens with one attached hydrogen (secondary N) is 3. The first-order chi connectivity index (χ1) is 10.1. The van der Waals surface area contributed by atoms with Gasteiger partial charge in [-0.2, -0.15) is 0 Å². The smallest absolute Gasteiger partial charge is 0.315 e. The van der Waals surface area contributed by atoms with Crippen LogP contribution in [0.3, 0.4) is 0 Å². The molecule has 3 N–H and O–H groups in total. The third kappa shape index (κ3) is 5.10. The molecule has 1 aromatic rings. The summed E-state index contributed by atoms with van der Waals surface area (Å²) in [4.78, 5) is 24.0. The summed E-state index contributed by atoms with van der Waals surface area (Å²) in [7, 11) is 0. The van der Waals surface area contributed by atoms with Gasteiger partial charge in [0.25, 0.3) is 0 Å². The highest BCUT2D eigenvalue weighted by atomic mass is 16.2. The van der Waals surface area contributed by atoms with E-state index in [1.54, 1.807) is 0 Å². The Balaban J connectivity index is 1.81. The monoisotopic (exact) mass is 289 g/mol. The van der Waals surface area contributed by atoms with E-state index in [0.29, 0.717) is 12.6 Å². The van der Waals surface area contributed by atoms with E-state index in [-0.39, 0.29) is 17.9 Å². The van der Waals surface area contributed by atoms with E-state index in [9.17, 15) is 9.59 Å². The SMILES string of the molecule is CC(C)[C@@H](NC(=O)NCc1ccccc1)C(=O)NC1CC1. The van der Waals surface area contributed by atoms with Crippen molar-refractivity contribution in [3.8, 4) is 0 Å². The van der Waals surface area contributed by atoms with E-state index in [1.165, 1.54) is 0 Å². The number of carbonyl (C=O) groups is 2. The van der Waals surface area contributed by atoms with E-state index < -0.39 is 6.04 Å². The van der Waals surface area contributed by atoms with Crippen molar-refractivity contribution in [3.05, 3.63) is 35.9 Å². The third-order valence-corrected chi connectivity index (χ3v) is 3.46. The summed E-state index contributed by atoms with van der Waals surface area (Å²) in [5.74, 6) is -0.0476. The Labute approximate surface area is 125 Å². The van der Waals surface area contributed by atoms with Crippen LogP contribution < -0.4 is 16.0 Å². The molecule has 114 valence electrons. The van der Waals surface area contributed by atoms with Gasteiger partial charge in [0.2, 0.25) is 5.91 Å². The Morgan fingerprint density at radius 2 is 1.86 bits per heavy atom. The largest absolute Gasteiger partial charge is 0.352 e. The first kappa shape index (κ1) is 15.4. The molecule has 21 heavy (non-hydrogen) atoms. The maximum absolute atomic E-state index is 12.1. The second-order valence-electron chi connectivity index (χ2n) is 5.82. The molecule has 3 amide bonds. The highest BCUT2D eigenvalue weighted by Crippen LogP contribution is 2.19. The first-order valence-corrected chi connectivity index (χ1v) is 7.45. The van der Waals surface area contributed by atoms with Crippen molar-refractivity contribution in [2.45, 2.75) is 45.3 Å². The van der Waals surface area contributed by atoms with Crippen LogP contribution in [0.15, 0.2) is 30.3 Å². The quantitative estimate of drug-likeness (QED) is 0.747. The molecule has 2 rings (SSSR count). The standard InChI is InChI=1S/C16H23N3O2/c1-11(2)14(15(20)18-13-8-9-13)19-16(21)17-10-12-6-4-3-5-7-12/h3-7,11,13-14H,8-10H2,1-2H3,(H,18,20)(H2,17,19,21)/t14-/m1/s1. The minimum Gasteiger partial charge on any atom is -0.352 e. The summed E-state index contributed by atoms with van der Waals surface area (Å²) in [6.45, 7) is 4.30. The molecule has 0 aliphatic heterocycles. The topological polar surface area (TPSA) is 70.2 Å². The van der Waals surface area contributed by atoms with Gasteiger partial charge in [-0.3, -0.25) is 4.79 Å². The predicted molar refractivity (Wildman–Crippen MR) is 81.6 cm³/mol. The molecular weight excluding hydrogens is 266 g/mol. The van der Waals surface area contributed by atoms with Crippen LogP contribution in [0.25, 0.3) is 0 Å². The maximum atomic E-state index is 12.1. The van der Waals surface area contributed by atoms with Gasteiger partial charge >= 0.3 is 6.03 Å². The normalized spacial score (nSPS) is 15.4. The van der Waals surface area contributed by atoms with Gasteiger partial charge < -0.3 is 16.0 Å². The van der Waals surface area contributed by atoms with Crippen LogP contribution in [0.4, 0.5) is 4.79 Å². The van der Waals surface area contributed by atoms with Crippen LogP contribution in [-0.4, -0.2) is 24.0 Å². The van der Waals surface area contributed by atoms with Crippen molar-refractivity contribution < 1.29 is 9.59 Å². The molecule has 0 heterocycles. The van der Waals surface area contributed by atoms with Gasteiger partial charge in [0.05, 0.1) is 0 Å². The van der Waals surface area contributed by atoms with Crippen LogP contribution in [0.5, 0.6) is 0 Å². The zero-order valence-electron chi connectivity index (χ0n) is 12.6. The minimum absolute atomic E-state index is 0.0474. The molecule has 0 radical (unpaired) electrons. The lowest BCUT2D eigenvalue weighted by Crippen LogP contribution is -2.52. The molecule has 1 aliphatic carbocycles. The lowest BCUT2D eigenvalue weighted by Gasteiger charge is -2.22. The molecule has 0 bridgehead atoms. The second kappa shape index (κ2) is 7.11. The fourth-order valence-corrected chi connectivity index (χ4v) is 2.02. The van der Waals surface area contributed by atoms with Crippen LogP contribution in [0, 0.1) is 5.92 Å². The molecule has 1 saturated carbocycles. The van der Waals surface area contributed by atoms with Crippen molar-refractivity contribution >= 4 is 11.9 Å². The van der Waals surface area contributed by atoms with Gasteiger partial charge in [0.1, 0.15) is 6.04 Å². The Kier molecular flexibility index (Phi) is 5.20. The Morgan fingerprint density at radius 1 is 1.19 bits per heavy atom. The van der Waals surface area contributed by atoms with Crippen molar-refractivity contribution in [1.82, 2.24) is 16.0 Å². The summed E-state index contributed by atoms with van der Waals surface area (Å²) in [6, 6.07) is 9.16. The van der Waals surface area contributed by atoms with E-state index in [1.807, 2.05) is 44.2 Å². The zero-order chi connectivity index (χ0) is 15.2. The van der Waals surface area contributed by atoms with E-state index in [4.69, 9.17) is 0 Å². The van der Waals surface area contributed by atoms with Gasteiger partial charge in [0.15, 0.2) is 0 Å². The summed E-state index contributed by atoms with van der Waals surface area (Å²) in [6.07, 6.45) is 2.08. The first-order valence-electron chi connectivity index (χ1n) is 7.45. The van der Waals surface area contributed by atoms with Crippen LogP contribution in [-0.2, 0) is 11.3 Å². The van der Waals surface area contributed by atoms with Crippen molar-refractivity contribution in [3.63, 3.8) is 0 Å². The molecule has 1 fully saturated rings. The molecule has 5 nitrogen and oxygen atoms in total. The third-order valence-electron chi connectivity index (χ3n) is 3.46. The predicted octanol–water partition coefficient (Wildman–Crippen LogP) is 1.79. The lowest BCUT2D eigenvalue weighted by atomic mass is 10.0. The number of urea groups is 1.